The number of fused-ring (bicyclic) bond motifs is 5. The monoisotopic (exact) mass is 644 g/mol. The van der Waals surface area contributed by atoms with Gasteiger partial charge in [0.25, 0.3) is 0 Å². The van der Waals surface area contributed by atoms with E-state index in [0.717, 1.165) is 51.2 Å². The molecular formula is C34H46F2N4O6. The third-order valence-corrected chi connectivity index (χ3v) is 9.96. The number of hydrogen-bond acceptors (Lipinski definition) is 8. The van der Waals surface area contributed by atoms with E-state index in [9.17, 15) is 23.2 Å². The third-order valence-electron chi connectivity index (χ3n) is 9.96. The minimum absolute atomic E-state index is 0.0415. The largest absolute Gasteiger partial charge is 0.471 e. The lowest BCUT2D eigenvalue weighted by Gasteiger charge is -2.37. The van der Waals surface area contributed by atoms with Gasteiger partial charge in [0.1, 0.15) is 35.5 Å². The minimum Gasteiger partial charge on any atom is -0.471 e. The van der Waals surface area contributed by atoms with Crippen molar-refractivity contribution in [1.82, 2.24) is 20.2 Å². The van der Waals surface area contributed by atoms with Crippen LogP contribution in [0.25, 0.3) is 11.0 Å². The fraction of sp³-hybridized carbons (Fsp3) is 0.676. The summed E-state index contributed by atoms with van der Waals surface area (Å²) in [6.07, 6.45) is 6.91. The average Bonchev–Trinajstić information content (AvgIpc) is 3.52. The molecule has 1 N–H and O–H groups in total. The van der Waals surface area contributed by atoms with Gasteiger partial charge in [-0.25, -0.2) is 14.8 Å². The summed E-state index contributed by atoms with van der Waals surface area (Å²) in [5, 5.41) is 2.87. The first-order chi connectivity index (χ1) is 21.8. The predicted molar refractivity (Wildman–Crippen MR) is 167 cm³/mol. The number of amides is 2. The molecule has 1 saturated heterocycles. The van der Waals surface area contributed by atoms with Crippen LogP contribution in [0.4, 0.5) is 13.6 Å². The predicted octanol–water partition coefficient (Wildman–Crippen LogP) is 6.23. The van der Waals surface area contributed by atoms with Gasteiger partial charge >= 0.3 is 12.7 Å². The number of ether oxygens (including phenoxy) is 3. The van der Waals surface area contributed by atoms with E-state index in [0.29, 0.717) is 29.6 Å². The molecular weight excluding hydrogens is 598 g/mol. The number of nitrogens with zero attached hydrogens (tertiary/aromatic N) is 3. The van der Waals surface area contributed by atoms with Crippen molar-refractivity contribution < 1.29 is 37.4 Å². The maximum absolute atomic E-state index is 14.2. The number of alkyl carbamates (subject to hydrolysis) is 1. The number of aromatic nitrogens is 2. The second-order valence-corrected chi connectivity index (χ2v) is 14.2. The molecule has 1 saturated carbocycles. The Hall–Kier alpha value is -3.57. The summed E-state index contributed by atoms with van der Waals surface area (Å²) in [5.74, 6) is -0.330. The first-order valence-corrected chi connectivity index (χ1v) is 16.5. The first-order valence-electron chi connectivity index (χ1n) is 16.5. The number of aryl methyl sites for hydroxylation is 1. The fourth-order valence-corrected chi connectivity index (χ4v) is 7.40. The van der Waals surface area contributed by atoms with E-state index in [1.807, 2.05) is 34.6 Å². The second-order valence-electron chi connectivity index (χ2n) is 14.2. The highest BCUT2D eigenvalue weighted by atomic mass is 19.3. The molecule has 2 fully saturated rings. The molecule has 10 nitrogen and oxygen atoms in total. The summed E-state index contributed by atoms with van der Waals surface area (Å²) >= 11 is 0. The lowest BCUT2D eigenvalue weighted by molar-refractivity contribution is -0.139. The van der Waals surface area contributed by atoms with Crippen molar-refractivity contribution >= 4 is 29.3 Å². The average molecular weight is 645 g/mol. The number of benzene rings is 1. The van der Waals surface area contributed by atoms with Crippen LogP contribution in [0, 0.1) is 17.3 Å². The van der Waals surface area contributed by atoms with E-state index in [-0.39, 0.29) is 35.9 Å². The maximum atomic E-state index is 14.2. The number of alkyl halides is 2. The molecule has 252 valence electrons. The smallest absolute Gasteiger partial charge is 0.408 e. The van der Waals surface area contributed by atoms with E-state index in [1.165, 1.54) is 17.0 Å². The highest BCUT2D eigenvalue weighted by Gasteiger charge is 2.49. The Labute approximate surface area is 268 Å². The number of aldehydes is 1. The number of halogens is 2. The Balaban J connectivity index is 1.54. The number of rotatable bonds is 4. The standard InChI is InChI=1S/C34H46F2N4O6/c1-6-22-26(19-41)40-18-27(22)45-29-24(37-23-15-14-21(44-31(35)36)17-25(23)38-29)13-9-7-8-11-20-12-10-16-34(20,5)46-32(43)39-28(30(40)42)33(2,3)4/h14-15,17,19-20,22,26-28,31H,6-13,16,18H2,1-5H3,(H,39,43)/t20-,22+,26-,27+,28-,34-/m1/s1. The molecule has 1 aromatic carbocycles. The zero-order chi connectivity index (χ0) is 33.2. The van der Waals surface area contributed by atoms with E-state index in [2.05, 4.69) is 10.1 Å². The van der Waals surface area contributed by atoms with Crippen molar-refractivity contribution in [3.63, 3.8) is 0 Å². The number of nitrogens with one attached hydrogen (secondary N) is 1. The molecule has 1 aromatic heterocycles. The molecule has 3 heterocycles. The van der Waals surface area contributed by atoms with E-state index in [1.54, 1.807) is 6.07 Å². The molecule has 12 heteroatoms. The normalized spacial score (nSPS) is 29.7. The topological polar surface area (TPSA) is 120 Å². The van der Waals surface area contributed by atoms with Gasteiger partial charge in [-0.2, -0.15) is 8.78 Å². The molecule has 2 aliphatic heterocycles. The number of carbonyl (C=O) groups is 3. The van der Waals surface area contributed by atoms with Crippen LogP contribution in [0.5, 0.6) is 11.6 Å². The van der Waals surface area contributed by atoms with Crippen molar-refractivity contribution in [2.45, 2.75) is 123 Å². The minimum atomic E-state index is -2.98. The van der Waals surface area contributed by atoms with Crippen LogP contribution in [0.15, 0.2) is 18.2 Å². The van der Waals surface area contributed by atoms with Crippen molar-refractivity contribution in [3.8, 4) is 11.6 Å². The van der Waals surface area contributed by atoms with Gasteiger partial charge in [0, 0.05) is 12.0 Å². The zero-order valence-corrected chi connectivity index (χ0v) is 27.4. The third kappa shape index (κ3) is 7.20. The Morgan fingerprint density at radius 2 is 1.89 bits per heavy atom. The van der Waals surface area contributed by atoms with Gasteiger partial charge in [0.2, 0.25) is 11.8 Å². The number of hydrogen-bond donors (Lipinski definition) is 1. The molecule has 2 bridgehead atoms. The molecule has 1 aliphatic carbocycles. The van der Waals surface area contributed by atoms with Gasteiger partial charge in [-0.05, 0) is 75.3 Å². The van der Waals surface area contributed by atoms with Crippen molar-refractivity contribution in [3.05, 3.63) is 23.9 Å². The molecule has 5 rings (SSSR count). The Bertz CT molecular complexity index is 1430. The molecule has 0 radical (unpaired) electrons. The van der Waals surface area contributed by atoms with Gasteiger partial charge in [-0.3, -0.25) is 4.79 Å². The number of carbonyl (C=O) groups excluding carboxylic acids is 3. The molecule has 0 unspecified atom stereocenters. The van der Waals surface area contributed by atoms with E-state index < -0.39 is 41.9 Å². The summed E-state index contributed by atoms with van der Waals surface area (Å²) < 4.78 is 43.1. The van der Waals surface area contributed by atoms with E-state index >= 15 is 0 Å². The molecule has 2 amide bonds. The van der Waals surface area contributed by atoms with Crippen LogP contribution in [0.1, 0.15) is 91.7 Å². The Morgan fingerprint density at radius 3 is 2.59 bits per heavy atom. The SMILES string of the molecule is CC[C@@H]1[C@@H]2CN(C(=O)[C@H](C(C)(C)C)NC(=O)O[C@]3(C)CCC[C@H]3CCCCCc3nc4ccc(OC(F)F)cc4nc3O2)[C@@H]1C=O. The molecule has 2 aromatic rings. The summed E-state index contributed by atoms with van der Waals surface area (Å²) in [4.78, 5) is 51.1. The molecule has 3 aliphatic rings. The van der Waals surface area contributed by atoms with Gasteiger partial charge < -0.3 is 29.2 Å². The zero-order valence-electron chi connectivity index (χ0n) is 27.4. The molecule has 46 heavy (non-hydrogen) atoms. The fourth-order valence-electron chi connectivity index (χ4n) is 7.40. The summed E-state index contributed by atoms with van der Waals surface area (Å²) in [7, 11) is 0. The molecule has 0 spiro atoms. The van der Waals surface area contributed by atoms with Crippen LogP contribution in [-0.2, 0) is 20.7 Å². The highest BCUT2D eigenvalue weighted by Crippen LogP contribution is 2.42. The lowest BCUT2D eigenvalue weighted by Crippen LogP contribution is -2.57. The lowest BCUT2D eigenvalue weighted by atomic mass is 9.85. The van der Waals surface area contributed by atoms with E-state index in [4.69, 9.17) is 19.4 Å². The van der Waals surface area contributed by atoms with Gasteiger partial charge in [0.05, 0.1) is 23.6 Å². The summed E-state index contributed by atoms with van der Waals surface area (Å²) in [6, 6.07) is 2.69. The quantitative estimate of drug-likeness (QED) is 0.389. The second kappa shape index (κ2) is 13.7. The maximum Gasteiger partial charge on any atom is 0.408 e. The first kappa shape index (κ1) is 33.8. The van der Waals surface area contributed by atoms with Gasteiger partial charge in [0.15, 0.2) is 0 Å². The van der Waals surface area contributed by atoms with Gasteiger partial charge in [-0.1, -0.05) is 40.5 Å². The summed E-state index contributed by atoms with van der Waals surface area (Å²) in [6.45, 7) is 6.62. The van der Waals surface area contributed by atoms with Crippen LogP contribution >= 0.6 is 0 Å². The Morgan fingerprint density at radius 1 is 1.13 bits per heavy atom. The Kier molecular flexibility index (Phi) is 10.0. The van der Waals surface area contributed by atoms with Crippen molar-refractivity contribution in [2.24, 2.45) is 17.3 Å². The van der Waals surface area contributed by atoms with Crippen LogP contribution in [0.3, 0.4) is 0 Å². The van der Waals surface area contributed by atoms with Crippen LogP contribution in [-0.4, -0.2) is 70.1 Å². The highest BCUT2D eigenvalue weighted by molar-refractivity contribution is 5.89. The molecule has 6 atom stereocenters. The van der Waals surface area contributed by atoms with Crippen molar-refractivity contribution in [1.29, 1.82) is 0 Å². The van der Waals surface area contributed by atoms with Crippen LogP contribution in [0.2, 0.25) is 0 Å². The summed E-state index contributed by atoms with van der Waals surface area (Å²) in [5.41, 5.74) is 0.176. The van der Waals surface area contributed by atoms with Crippen molar-refractivity contribution in [2.75, 3.05) is 6.54 Å². The van der Waals surface area contributed by atoms with Crippen LogP contribution < -0.4 is 14.8 Å². The van der Waals surface area contributed by atoms with Gasteiger partial charge in [-0.15, -0.1) is 0 Å².